The van der Waals surface area contributed by atoms with Crippen LogP contribution in [-0.4, -0.2) is 22.9 Å². The second-order valence-electron chi connectivity index (χ2n) is 4.32. The smallest absolute Gasteiger partial charge is 0.338 e. The summed E-state index contributed by atoms with van der Waals surface area (Å²) in [6.45, 7) is 2.54. The summed E-state index contributed by atoms with van der Waals surface area (Å²) in [6, 6.07) is 7.59. The number of hydrogen-bond acceptors (Lipinski definition) is 4. The molecule has 5 nitrogen and oxygen atoms in total. The average Bonchev–Trinajstić information content (AvgIpc) is 2.82. The molecule has 1 aromatic heterocycles. The van der Waals surface area contributed by atoms with Gasteiger partial charge in [0.2, 0.25) is 0 Å². The second kappa shape index (κ2) is 5.56. The molecule has 1 N–H and O–H groups in total. The van der Waals surface area contributed by atoms with Gasteiger partial charge in [-0.2, -0.15) is 5.10 Å². The van der Waals surface area contributed by atoms with Gasteiger partial charge in [0.25, 0.3) is 0 Å². The van der Waals surface area contributed by atoms with Gasteiger partial charge in [-0.3, -0.25) is 4.68 Å². The highest BCUT2D eigenvalue weighted by Crippen LogP contribution is 2.17. The number of esters is 1. The van der Waals surface area contributed by atoms with Crippen molar-refractivity contribution in [2.24, 2.45) is 7.05 Å². The van der Waals surface area contributed by atoms with Crippen LogP contribution in [0.5, 0.6) is 0 Å². The number of anilines is 1. The average molecular weight is 259 g/mol. The van der Waals surface area contributed by atoms with E-state index in [1.54, 1.807) is 12.3 Å². The summed E-state index contributed by atoms with van der Waals surface area (Å²) in [5, 5.41) is 7.37. The van der Waals surface area contributed by atoms with Gasteiger partial charge < -0.3 is 10.1 Å². The second-order valence-corrected chi connectivity index (χ2v) is 4.32. The van der Waals surface area contributed by atoms with Crippen LogP contribution in [0.2, 0.25) is 0 Å². The maximum absolute atomic E-state index is 11.6. The van der Waals surface area contributed by atoms with Crippen LogP contribution in [0.25, 0.3) is 0 Å². The highest BCUT2D eigenvalue weighted by molar-refractivity contribution is 5.92. The van der Waals surface area contributed by atoms with Crippen molar-refractivity contribution in [2.75, 3.05) is 12.4 Å². The number of nitrogens with one attached hydrogen (secondary N) is 1. The van der Waals surface area contributed by atoms with E-state index in [0.717, 1.165) is 16.9 Å². The SMILES string of the molecule is COC(=O)c1cc(NCc2ccnn2C)ccc1C. The van der Waals surface area contributed by atoms with Gasteiger partial charge in [0.05, 0.1) is 24.9 Å². The van der Waals surface area contributed by atoms with Crippen molar-refractivity contribution in [3.05, 3.63) is 47.3 Å². The van der Waals surface area contributed by atoms with Crippen molar-refractivity contribution in [3.63, 3.8) is 0 Å². The Morgan fingerprint density at radius 3 is 2.84 bits per heavy atom. The molecule has 2 rings (SSSR count). The Balaban J connectivity index is 2.13. The Labute approximate surface area is 112 Å². The minimum absolute atomic E-state index is 0.318. The number of aromatic nitrogens is 2. The van der Waals surface area contributed by atoms with Gasteiger partial charge in [-0.05, 0) is 30.7 Å². The van der Waals surface area contributed by atoms with Gasteiger partial charge in [0, 0.05) is 18.9 Å². The van der Waals surface area contributed by atoms with Crippen LogP contribution in [0.3, 0.4) is 0 Å². The van der Waals surface area contributed by atoms with E-state index >= 15 is 0 Å². The Kier molecular flexibility index (Phi) is 3.85. The molecule has 2 aromatic rings. The van der Waals surface area contributed by atoms with E-state index in [1.165, 1.54) is 7.11 Å². The molecule has 0 aliphatic carbocycles. The topological polar surface area (TPSA) is 56.1 Å². The highest BCUT2D eigenvalue weighted by Gasteiger charge is 2.09. The lowest BCUT2D eigenvalue weighted by atomic mass is 10.1. The molecule has 0 radical (unpaired) electrons. The number of ether oxygens (including phenoxy) is 1. The summed E-state index contributed by atoms with van der Waals surface area (Å²) in [5.41, 5.74) is 3.43. The van der Waals surface area contributed by atoms with Crippen molar-refractivity contribution in [3.8, 4) is 0 Å². The molecule has 0 bridgehead atoms. The monoisotopic (exact) mass is 259 g/mol. The summed E-state index contributed by atoms with van der Waals surface area (Å²) in [7, 11) is 3.28. The summed E-state index contributed by atoms with van der Waals surface area (Å²) < 4.78 is 6.57. The minimum atomic E-state index is -0.318. The third-order valence-electron chi connectivity index (χ3n) is 3.04. The number of carbonyl (C=O) groups is 1. The van der Waals surface area contributed by atoms with Gasteiger partial charge >= 0.3 is 5.97 Å². The Morgan fingerprint density at radius 1 is 1.42 bits per heavy atom. The molecule has 0 unspecified atom stereocenters. The third-order valence-corrected chi connectivity index (χ3v) is 3.04. The molecule has 1 aromatic carbocycles. The molecule has 5 heteroatoms. The first-order chi connectivity index (χ1) is 9.11. The molecular formula is C14H17N3O2. The van der Waals surface area contributed by atoms with Gasteiger partial charge in [0.15, 0.2) is 0 Å². The van der Waals surface area contributed by atoms with Crippen LogP contribution in [0.4, 0.5) is 5.69 Å². The van der Waals surface area contributed by atoms with Crippen molar-refractivity contribution in [2.45, 2.75) is 13.5 Å². The molecule has 0 aliphatic heterocycles. The van der Waals surface area contributed by atoms with Gasteiger partial charge in [-0.15, -0.1) is 0 Å². The zero-order chi connectivity index (χ0) is 13.8. The van der Waals surface area contributed by atoms with Gasteiger partial charge in [-0.1, -0.05) is 6.07 Å². The number of carbonyl (C=O) groups excluding carboxylic acids is 1. The zero-order valence-electron chi connectivity index (χ0n) is 11.3. The molecule has 100 valence electrons. The fourth-order valence-electron chi connectivity index (χ4n) is 1.83. The summed E-state index contributed by atoms with van der Waals surface area (Å²) in [4.78, 5) is 11.6. The molecule has 0 fully saturated rings. The van der Waals surface area contributed by atoms with Crippen LogP contribution in [-0.2, 0) is 18.3 Å². The highest BCUT2D eigenvalue weighted by atomic mass is 16.5. The predicted octanol–water partition coefficient (Wildman–Crippen LogP) is 2.13. The summed E-state index contributed by atoms with van der Waals surface area (Å²) >= 11 is 0. The van der Waals surface area contributed by atoms with E-state index in [-0.39, 0.29) is 5.97 Å². The number of nitrogens with zero attached hydrogens (tertiary/aromatic N) is 2. The Morgan fingerprint density at radius 2 is 2.21 bits per heavy atom. The van der Waals surface area contributed by atoms with E-state index in [0.29, 0.717) is 12.1 Å². The van der Waals surface area contributed by atoms with Gasteiger partial charge in [0.1, 0.15) is 0 Å². The maximum atomic E-state index is 11.6. The molecule has 19 heavy (non-hydrogen) atoms. The maximum Gasteiger partial charge on any atom is 0.338 e. The largest absolute Gasteiger partial charge is 0.465 e. The van der Waals surface area contributed by atoms with Crippen LogP contribution < -0.4 is 5.32 Å². The zero-order valence-corrected chi connectivity index (χ0v) is 11.3. The summed E-state index contributed by atoms with van der Waals surface area (Å²) in [5.74, 6) is -0.318. The van der Waals surface area contributed by atoms with E-state index in [9.17, 15) is 4.79 Å². The van der Waals surface area contributed by atoms with E-state index in [4.69, 9.17) is 4.74 Å². The first-order valence-corrected chi connectivity index (χ1v) is 6.01. The predicted molar refractivity (Wildman–Crippen MR) is 73.1 cm³/mol. The lowest BCUT2D eigenvalue weighted by Gasteiger charge is -2.10. The van der Waals surface area contributed by atoms with E-state index in [1.807, 2.05) is 36.9 Å². The van der Waals surface area contributed by atoms with Crippen LogP contribution in [0.15, 0.2) is 30.5 Å². The van der Waals surface area contributed by atoms with E-state index < -0.39 is 0 Å². The molecule has 0 saturated heterocycles. The van der Waals surface area contributed by atoms with Crippen molar-refractivity contribution in [1.29, 1.82) is 0 Å². The van der Waals surface area contributed by atoms with Crippen LogP contribution in [0.1, 0.15) is 21.6 Å². The lowest BCUT2D eigenvalue weighted by Crippen LogP contribution is -2.08. The van der Waals surface area contributed by atoms with Crippen molar-refractivity contribution in [1.82, 2.24) is 9.78 Å². The van der Waals surface area contributed by atoms with Crippen LogP contribution >= 0.6 is 0 Å². The van der Waals surface area contributed by atoms with E-state index in [2.05, 4.69) is 10.4 Å². The molecular weight excluding hydrogens is 242 g/mol. The Hall–Kier alpha value is -2.30. The number of rotatable bonds is 4. The molecule has 0 amide bonds. The normalized spacial score (nSPS) is 10.3. The summed E-state index contributed by atoms with van der Waals surface area (Å²) in [6.07, 6.45) is 1.76. The number of benzene rings is 1. The molecule has 0 saturated carbocycles. The van der Waals surface area contributed by atoms with Gasteiger partial charge in [-0.25, -0.2) is 4.79 Å². The quantitative estimate of drug-likeness (QED) is 0.855. The minimum Gasteiger partial charge on any atom is -0.465 e. The third kappa shape index (κ3) is 2.93. The lowest BCUT2D eigenvalue weighted by molar-refractivity contribution is 0.0600. The number of aryl methyl sites for hydroxylation is 2. The van der Waals surface area contributed by atoms with Crippen molar-refractivity contribution >= 4 is 11.7 Å². The Bertz CT molecular complexity index is 590. The standard InChI is InChI=1S/C14H17N3O2/c1-10-4-5-11(8-13(10)14(18)19-3)15-9-12-6-7-16-17(12)2/h4-8,15H,9H2,1-3H3. The first kappa shape index (κ1) is 13.1. The fourth-order valence-corrected chi connectivity index (χ4v) is 1.83. The molecule has 0 atom stereocenters. The first-order valence-electron chi connectivity index (χ1n) is 6.01. The van der Waals surface area contributed by atoms with Crippen LogP contribution in [0, 0.1) is 6.92 Å². The molecule has 1 heterocycles. The molecule has 0 aliphatic rings. The number of hydrogen-bond donors (Lipinski definition) is 1. The fraction of sp³-hybridized carbons (Fsp3) is 0.286. The molecule has 0 spiro atoms. The van der Waals surface area contributed by atoms with Crippen molar-refractivity contribution < 1.29 is 9.53 Å². The number of methoxy groups -OCH3 is 1.